The zero-order valence-corrected chi connectivity index (χ0v) is 6.23. The highest BCUT2D eigenvalue weighted by Crippen LogP contribution is 2.06. The Morgan fingerprint density at radius 1 is 1.80 bits per heavy atom. The number of nitrogens with two attached hydrogens (primary N) is 1. The second-order valence-corrected chi connectivity index (χ2v) is 2.86. The van der Waals surface area contributed by atoms with E-state index in [1.54, 1.807) is 6.20 Å². The SMILES string of the molecule is NC(=O)CCc1ccns1. The van der Waals surface area contributed by atoms with Gasteiger partial charge < -0.3 is 5.73 Å². The van der Waals surface area contributed by atoms with Crippen LogP contribution >= 0.6 is 11.5 Å². The number of nitrogens with zero attached hydrogens (tertiary/aromatic N) is 1. The fourth-order valence-electron chi connectivity index (χ4n) is 0.617. The van der Waals surface area contributed by atoms with Crippen LogP contribution in [0.4, 0.5) is 0 Å². The number of primary amides is 1. The monoisotopic (exact) mass is 156 g/mol. The molecule has 0 radical (unpaired) electrons. The van der Waals surface area contributed by atoms with Gasteiger partial charge in [0.2, 0.25) is 5.91 Å². The van der Waals surface area contributed by atoms with E-state index in [1.165, 1.54) is 11.5 Å². The maximum atomic E-state index is 10.3. The molecule has 0 aliphatic rings. The molecule has 0 aliphatic carbocycles. The summed E-state index contributed by atoms with van der Waals surface area (Å²) < 4.78 is 3.89. The molecule has 0 fully saturated rings. The van der Waals surface area contributed by atoms with Gasteiger partial charge in [0.25, 0.3) is 0 Å². The summed E-state index contributed by atoms with van der Waals surface area (Å²) in [5.41, 5.74) is 4.95. The zero-order valence-electron chi connectivity index (χ0n) is 5.41. The third-order valence-corrected chi connectivity index (χ3v) is 1.91. The van der Waals surface area contributed by atoms with Crippen LogP contribution in [0, 0.1) is 0 Å². The van der Waals surface area contributed by atoms with Crippen molar-refractivity contribution in [3.63, 3.8) is 0 Å². The molecular formula is C6H8N2OS. The smallest absolute Gasteiger partial charge is 0.217 e. The molecule has 0 spiro atoms. The van der Waals surface area contributed by atoms with Gasteiger partial charge >= 0.3 is 0 Å². The molecule has 0 aliphatic heterocycles. The first-order valence-corrected chi connectivity index (χ1v) is 3.74. The zero-order chi connectivity index (χ0) is 7.40. The number of carbonyl (C=O) groups is 1. The van der Waals surface area contributed by atoms with E-state index in [9.17, 15) is 4.79 Å². The van der Waals surface area contributed by atoms with E-state index in [2.05, 4.69) is 4.37 Å². The lowest BCUT2D eigenvalue weighted by atomic mass is 10.3. The van der Waals surface area contributed by atoms with Gasteiger partial charge in [-0.05, 0) is 24.0 Å². The number of amides is 1. The average Bonchev–Trinajstić information content (AvgIpc) is 2.34. The van der Waals surface area contributed by atoms with Crippen LogP contribution in [0.1, 0.15) is 11.3 Å². The molecule has 0 bridgehead atoms. The molecule has 0 atom stereocenters. The highest BCUT2D eigenvalue weighted by molar-refractivity contribution is 7.05. The molecule has 2 N–H and O–H groups in total. The summed E-state index contributed by atoms with van der Waals surface area (Å²) in [4.78, 5) is 11.4. The Hall–Kier alpha value is -0.900. The fourth-order valence-corrected chi connectivity index (χ4v) is 1.19. The van der Waals surface area contributed by atoms with Crippen molar-refractivity contribution in [2.24, 2.45) is 5.73 Å². The predicted molar refractivity (Wildman–Crippen MR) is 39.6 cm³/mol. The Balaban J connectivity index is 2.35. The Labute approximate surface area is 63.0 Å². The van der Waals surface area contributed by atoms with Crippen LogP contribution in [0.2, 0.25) is 0 Å². The Bertz CT molecular complexity index is 208. The van der Waals surface area contributed by atoms with Crippen molar-refractivity contribution in [3.8, 4) is 0 Å². The van der Waals surface area contributed by atoms with Crippen molar-refractivity contribution in [1.82, 2.24) is 4.37 Å². The first-order valence-electron chi connectivity index (χ1n) is 2.97. The Morgan fingerprint density at radius 3 is 3.10 bits per heavy atom. The topological polar surface area (TPSA) is 56.0 Å². The van der Waals surface area contributed by atoms with Crippen molar-refractivity contribution in [2.75, 3.05) is 0 Å². The van der Waals surface area contributed by atoms with Gasteiger partial charge in [-0.25, -0.2) is 4.37 Å². The summed E-state index contributed by atoms with van der Waals surface area (Å²) in [7, 11) is 0. The van der Waals surface area contributed by atoms with Crippen LogP contribution < -0.4 is 5.73 Å². The van der Waals surface area contributed by atoms with Crippen molar-refractivity contribution >= 4 is 17.4 Å². The van der Waals surface area contributed by atoms with Gasteiger partial charge in [-0.1, -0.05) is 0 Å². The third-order valence-electron chi connectivity index (χ3n) is 1.11. The van der Waals surface area contributed by atoms with Gasteiger partial charge in [-0.15, -0.1) is 0 Å². The standard InChI is InChI=1S/C6H8N2OS/c7-6(9)2-1-5-3-4-8-10-5/h3-4H,1-2H2,(H2,7,9). The van der Waals surface area contributed by atoms with E-state index >= 15 is 0 Å². The second kappa shape index (κ2) is 3.31. The lowest BCUT2D eigenvalue weighted by Gasteiger charge is -1.89. The van der Waals surface area contributed by atoms with Crippen LogP contribution in [0.25, 0.3) is 0 Å². The summed E-state index contributed by atoms with van der Waals surface area (Å²) in [5, 5.41) is 0. The molecule has 0 saturated carbocycles. The maximum Gasteiger partial charge on any atom is 0.217 e. The minimum atomic E-state index is -0.256. The normalized spacial score (nSPS) is 9.60. The highest BCUT2D eigenvalue weighted by Gasteiger charge is 1.97. The molecule has 54 valence electrons. The third kappa shape index (κ3) is 2.14. The number of aromatic nitrogens is 1. The quantitative estimate of drug-likeness (QED) is 0.695. The first kappa shape index (κ1) is 7.21. The lowest BCUT2D eigenvalue weighted by molar-refractivity contribution is -0.117. The minimum Gasteiger partial charge on any atom is -0.370 e. The Morgan fingerprint density at radius 2 is 2.60 bits per heavy atom. The van der Waals surface area contributed by atoms with E-state index in [0.29, 0.717) is 6.42 Å². The number of carbonyl (C=O) groups excluding carboxylic acids is 1. The molecule has 3 nitrogen and oxygen atoms in total. The highest BCUT2D eigenvalue weighted by atomic mass is 32.1. The predicted octanol–water partition coefficient (Wildman–Crippen LogP) is 0.561. The summed E-state index contributed by atoms with van der Waals surface area (Å²) in [5.74, 6) is -0.256. The maximum absolute atomic E-state index is 10.3. The molecule has 1 aromatic heterocycles. The van der Waals surface area contributed by atoms with Crippen LogP contribution in [0.15, 0.2) is 12.3 Å². The van der Waals surface area contributed by atoms with Gasteiger partial charge in [0.1, 0.15) is 0 Å². The Kier molecular flexibility index (Phi) is 2.39. The van der Waals surface area contributed by atoms with Crippen molar-refractivity contribution in [2.45, 2.75) is 12.8 Å². The van der Waals surface area contributed by atoms with Crippen molar-refractivity contribution in [3.05, 3.63) is 17.1 Å². The van der Waals surface area contributed by atoms with Gasteiger partial charge in [-0.3, -0.25) is 4.79 Å². The first-order chi connectivity index (χ1) is 4.79. The molecule has 0 saturated heterocycles. The molecule has 0 unspecified atom stereocenters. The number of hydrogen-bond donors (Lipinski definition) is 1. The average molecular weight is 156 g/mol. The number of hydrogen-bond acceptors (Lipinski definition) is 3. The van der Waals surface area contributed by atoms with Crippen LogP contribution in [-0.4, -0.2) is 10.3 Å². The van der Waals surface area contributed by atoms with Gasteiger partial charge in [0.15, 0.2) is 0 Å². The molecule has 1 amide bonds. The van der Waals surface area contributed by atoms with Crippen molar-refractivity contribution < 1.29 is 4.79 Å². The minimum absolute atomic E-state index is 0.256. The largest absolute Gasteiger partial charge is 0.370 e. The fraction of sp³-hybridized carbons (Fsp3) is 0.333. The second-order valence-electron chi connectivity index (χ2n) is 1.95. The van der Waals surface area contributed by atoms with Gasteiger partial charge in [0.05, 0.1) is 0 Å². The molecule has 1 aromatic rings. The van der Waals surface area contributed by atoms with E-state index in [0.717, 1.165) is 11.3 Å². The van der Waals surface area contributed by atoms with E-state index < -0.39 is 0 Å². The molecule has 1 rings (SSSR count). The summed E-state index contributed by atoms with van der Waals surface area (Å²) in [6.07, 6.45) is 2.86. The molecule has 0 aromatic carbocycles. The lowest BCUT2D eigenvalue weighted by Crippen LogP contribution is -2.10. The number of aryl methyl sites for hydroxylation is 1. The summed E-state index contributed by atoms with van der Waals surface area (Å²) >= 11 is 1.41. The molecule has 1 heterocycles. The number of rotatable bonds is 3. The molecule has 10 heavy (non-hydrogen) atoms. The summed E-state index contributed by atoms with van der Waals surface area (Å²) in [6, 6.07) is 1.90. The van der Waals surface area contributed by atoms with E-state index in [4.69, 9.17) is 5.73 Å². The van der Waals surface area contributed by atoms with Gasteiger partial charge in [-0.2, -0.15) is 0 Å². The van der Waals surface area contributed by atoms with Crippen LogP contribution in [0.3, 0.4) is 0 Å². The molecule has 4 heteroatoms. The van der Waals surface area contributed by atoms with E-state index in [-0.39, 0.29) is 5.91 Å². The van der Waals surface area contributed by atoms with Crippen LogP contribution in [0.5, 0.6) is 0 Å². The molecular weight excluding hydrogens is 148 g/mol. The van der Waals surface area contributed by atoms with E-state index in [1.807, 2.05) is 6.07 Å². The van der Waals surface area contributed by atoms with Crippen LogP contribution in [-0.2, 0) is 11.2 Å². The van der Waals surface area contributed by atoms with Gasteiger partial charge in [0, 0.05) is 17.5 Å². The summed E-state index contributed by atoms with van der Waals surface area (Å²) in [6.45, 7) is 0. The van der Waals surface area contributed by atoms with Crippen molar-refractivity contribution in [1.29, 1.82) is 0 Å².